The number of carbonyl (C=O) groups is 2. The van der Waals surface area contributed by atoms with Crippen LogP contribution in [-0.4, -0.2) is 48.4 Å². The highest BCUT2D eigenvalue weighted by atomic mass is 32.1. The van der Waals surface area contributed by atoms with Gasteiger partial charge < -0.3 is 24.5 Å². The van der Waals surface area contributed by atoms with E-state index in [0.29, 0.717) is 28.5 Å². The number of hydrogen-bond acceptors (Lipinski definition) is 8. The Kier molecular flexibility index (Phi) is 7.62. The number of ether oxygens (including phenoxy) is 3. The molecule has 3 heterocycles. The van der Waals surface area contributed by atoms with Crippen LogP contribution in [-0.2, 0) is 16.1 Å². The van der Waals surface area contributed by atoms with E-state index in [-0.39, 0.29) is 12.5 Å². The summed E-state index contributed by atoms with van der Waals surface area (Å²) in [5.41, 5.74) is 10.9. The van der Waals surface area contributed by atoms with Crippen molar-refractivity contribution >= 4 is 39.6 Å². The zero-order valence-corrected chi connectivity index (χ0v) is 20.8. The first-order valence-corrected chi connectivity index (χ1v) is 11.7. The fourth-order valence-electron chi connectivity index (χ4n) is 3.70. The molecule has 0 spiro atoms. The number of benzene rings is 1. The lowest BCUT2D eigenvalue weighted by Gasteiger charge is -2.10. The molecule has 0 bridgehead atoms. The zero-order chi connectivity index (χ0) is 25.7. The van der Waals surface area contributed by atoms with Gasteiger partial charge in [0.1, 0.15) is 9.71 Å². The van der Waals surface area contributed by atoms with Crippen LogP contribution in [0, 0.1) is 6.92 Å². The molecule has 186 valence electrons. The van der Waals surface area contributed by atoms with Crippen LogP contribution in [0.25, 0.3) is 15.9 Å². The first-order chi connectivity index (χ1) is 17.4. The lowest BCUT2D eigenvalue weighted by atomic mass is 10.1. The Bertz CT molecular complexity index is 1430. The van der Waals surface area contributed by atoms with Gasteiger partial charge in [-0.1, -0.05) is 0 Å². The normalized spacial score (nSPS) is 11.2. The summed E-state index contributed by atoms with van der Waals surface area (Å²) in [5.74, 6) is -0.190. The van der Waals surface area contributed by atoms with Gasteiger partial charge in [0.2, 0.25) is 0 Å². The highest BCUT2D eigenvalue weighted by Crippen LogP contribution is 2.36. The molecule has 0 aliphatic heterocycles. The van der Waals surface area contributed by atoms with Crippen molar-refractivity contribution in [3.05, 3.63) is 70.5 Å². The molecule has 10 nitrogen and oxygen atoms in total. The molecular weight excluding hydrogens is 482 g/mol. The molecular formula is C25H25N5O5S. The lowest BCUT2D eigenvalue weighted by Crippen LogP contribution is -2.20. The van der Waals surface area contributed by atoms with E-state index >= 15 is 0 Å². The average molecular weight is 508 g/mol. The smallest absolute Gasteiger partial charge is 0.283 e. The Hall–Kier alpha value is -4.22. The van der Waals surface area contributed by atoms with E-state index in [0.717, 1.165) is 27.2 Å². The van der Waals surface area contributed by atoms with Crippen LogP contribution in [0.2, 0.25) is 0 Å². The number of nitrogens with two attached hydrogens (primary N) is 1. The molecule has 3 N–H and O–H groups in total. The van der Waals surface area contributed by atoms with E-state index < -0.39 is 5.91 Å². The van der Waals surface area contributed by atoms with E-state index in [1.165, 1.54) is 24.7 Å². The minimum atomic E-state index is -0.592. The average Bonchev–Trinajstić information content (AvgIpc) is 3.51. The molecule has 0 saturated heterocycles. The van der Waals surface area contributed by atoms with Crippen LogP contribution < -0.4 is 20.6 Å². The summed E-state index contributed by atoms with van der Waals surface area (Å²) < 4.78 is 17.9. The van der Waals surface area contributed by atoms with E-state index in [4.69, 9.17) is 19.9 Å². The number of aromatic nitrogens is 2. The molecule has 2 amide bonds. The third-order valence-corrected chi connectivity index (χ3v) is 6.22. The van der Waals surface area contributed by atoms with Gasteiger partial charge in [-0.2, -0.15) is 5.10 Å². The first-order valence-electron chi connectivity index (χ1n) is 10.9. The van der Waals surface area contributed by atoms with Crippen molar-refractivity contribution in [3.8, 4) is 17.2 Å². The number of primary amides is 1. The van der Waals surface area contributed by atoms with Crippen LogP contribution in [0.1, 0.15) is 26.5 Å². The molecule has 4 rings (SSSR count). The van der Waals surface area contributed by atoms with Gasteiger partial charge in [0.05, 0.1) is 25.6 Å². The minimum absolute atomic E-state index is 0.265. The van der Waals surface area contributed by atoms with Gasteiger partial charge >= 0.3 is 0 Å². The summed E-state index contributed by atoms with van der Waals surface area (Å²) in [6.07, 6.45) is 5.25. The van der Waals surface area contributed by atoms with Crippen LogP contribution in [0.5, 0.6) is 11.5 Å². The fraction of sp³-hybridized carbons (Fsp3) is 0.200. The number of hydrogen-bond donors (Lipinski definition) is 2. The van der Waals surface area contributed by atoms with Crippen molar-refractivity contribution in [2.45, 2.75) is 13.5 Å². The number of aryl methyl sites for hydroxylation is 1. The molecule has 0 saturated carbocycles. The molecule has 0 aliphatic carbocycles. The third kappa shape index (κ3) is 5.37. The van der Waals surface area contributed by atoms with Crippen LogP contribution in [0.15, 0.2) is 53.9 Å². The number of nitrogens with zero attached hydrogens (tertiary/aromatic N) is 3. The molecule has 3 aromatic heterocycles. The van der Waals surface area contributed by atoms with Crippen molar-refractivity contribution in [2.24, 2.45) is 10.8 Å². The zero-order valence-electron chi connectivity index (χ0n) is 20.0. The van der Waals surface area contributed by atoms with Crippen LogP contribution >= 0.6 is 11.3 Å². The van der Waals surface area contributed by atoms with Crippen LogP contribution in [0.3, 0.4) is 0 Å². The maximum absolute atomic E-state index is 13.2. The summed E-state index contributed by atoms with van der Waals surface area (Å²) in [6.45, 7) is 2.04. The van der Waals surface area contributed by atoms with Gasteiger partial charge in [-0.05, 0) is 54.4 Å². The summed E-state index contributed by atoms with van der Waals surface area (Å²) in [7, 11) is 3.12. The van der Waals surface area contributed by atoms with E-state index in [1.54, 1.807) is 25.3 Å². The Balaban J connectivity index is 1.62. The quantitative estimate of drug-likeness (QED) is 0.250. The van der Waals surface area contributed by atoms with Crippen LogP contribution in [0.4, 0.5) is 0 Å². The Morgan fingerprint density at radius 3 is 2.67 bits per heavy atom. The summed E-state index contributed by atoms with van der Waals surface area (Å²) in [4.78, 5) is 30.1. The monoisotopic (exact) mass is 507 g/mol. The Labute approximate surface area is 211 Å². The van der Waals surface area contributed by atoms with E-state index in [1.807, 2.05) is 42.1 Å². The van der Waals surface area contributed by atoms with Crippen molar-refractivity contribution in [2.75, 3.05) is 20.8 Å². The second-order valence-electron chi connectivity index (χ2n) is 7.77. The SMILES string of the molecule is COCc1cc(C)nc2sc(C(=O)N/N=C\c3ccc(OCC(N)=O)c(OC)c3)c(-n3cccc3)c12. The Morgan fingerprint density at radius 2 is 1.97 bits per heavy atom. The maximum atomic E-state index is 13.2. The summed E-state index contributed by atoms with van der Waals surface area (Å²) in [5, 5.41) is 4.99. The third-order valence-electron chi connectivity index (χ3n) is 5.15. The van der Waals surface area contributed by atoms with Crippen molar-refractivity contribution < 1.29 is 23.8 Å². The van der Waals surface area contributed by atoms with Crippen molar-refractivity contribution in [3.63, 3.8) is 0 Å². The second kappa shape index (κ2) is 11.0. The first kappa shape index (κ1) is 24.9. The van der Waals surface area contributed by atoms with Crippen molar-refractivity contribution in [1.82, 2.24) is 15.0 Å². The molecule has 0 aliphatic rings. The fourth-order valence-corrected chi connectivity index (χ4v) is 4.85. The number of carbonyl (C=O) groups excluding carboxylic acids is 2. The van der Waals surface area contributed by atoms with E-state index in [2.05, 4.69) is 15.5 Å². The molecule has 0 radical (unpaired) electrons. The topological polar surface area (TPSA) is 130 Å². The highest BCUT2D eigenvalue weighted by molar-refractivity contribution is 7.21. The number of methoxy groups -OCH3 is 2. The number of pyridine rings is 1. The predicted molar refractivity (Wildman–Crippen MR) is 137 cm³/mol. The number of hydrazone groups is 1. The second-order valence-corrected chi connectivity index (χ2v) is 8.77. The molecule has 0 unspecified atom stereocenters. The van der Waals surface area contributed by atoms with Crippen molar-refractivity contribution in [1.29, 1.82) is 0 Å². The number of nitrogens with one attached hydrogen (secondary N) is 1. The number of rotatable bonds is 10. The largest absolute Gasteiger partial charge is 0.493 e. The standard InChI is InChI=1S/C25H25N5O5S/c1-15-10-17(13-33-2)21-22(30-8-4-5-9-30)23(36-25(21)28-15)24(32)29-27-12-16-6-7-18(19(11-16)34-3)35-14-20(26)31/h4-12H,13-14H2,1-3H3,(H2,26,31)(H,29,32)/b27-12-. The maximum Gasteiger partial charge on any atom is 0.283 e. The van der Waals surface area contributed by atoms with Gasteiger partial charge in [-0.25, -0.2) is 10.4 Å². The predicted octanol–water partition coefficient (Wildman–Crippen LogP) is 3.18. The van der Waals surface area contributed by atoms with E-state index in [9.17, 15) is 9.59 Å². The molecule has 4 aromatic rings. The lowest BCUT2D eigenvalue weighted by molar-refractivity contribution is -0.119. The van der Waals surface area contributed by atoms with Gasteiger partial charge in [-0.15, -0.1) is 11.3 Å². The molecule has 0 atom stereocenters. The minimum Gasteiger partial charge on any atom is -0.493 e. The summed E-state index contributed by atoms with van der Waals surface area (Å²) in [6, 6.07) is 10.8. The van der Waals surface area contributed by atoms with Gasteiger partial charge in [0, 0.05) is 30.6 Å². The highest BCUT2D eigenvalue weighted by Gasteiger charge is 2.23. The molecule has 0 fully saturated rings. The summed E-state index contributed by atoms with van der Waals surface area (Å²) >= 11 is 1.30. The van der Waals surface area contributed by atoms with Gasteiger partial charge in [-0.3, -0.25) is 9.59 Å². The Morgan fingerprint density at radius 1 is 1.19 bits per heavy atom. The van der Waals surface area contributed by atoms with Gasteiger partial charge in [0.25, 0.3) is 11.8 Å². The number of fused-ring (bicyclic) bond motifs is 1. The molecule has 1 aromatic carbocycles. The molecule has 11 heteroatoms. The number of thiophene rings is 1. The molecule has 36 heavy (non-hydrogen) atoms. The number of amides is 2. The van der Waals surface area contributed by atoms with Gasteiger partial charge in [0.15, 0.2) is 18.1 Å².